The number of anilines is 1. The van der Waals surface area contributed by atoms with E-state index in [1.165, 1.54) is 6.20 Å². The van der Waals surface area contributed by atoms with Gasteiger partial charge in [0, 0.05) is 25.2 Å². The molecule has 3 N–H and O–H groups in total. The van der Waals surface area contributed by atoms with Crippen molar-refractivity contribution in [1.29, 1.82) is 0 Å². The van der Waals surface area contributed by atoms with Gasteiger partial charge in [-0.15, -0.1) is 0 Å². The van der Waals surface area contributed by atoms with E-state index in [4.69, 9.17) is 10.8 Å². The Bertz CT molecular complexity index is 1080. The quantitative estimate of drug-likeness (QED) is 0.759. The zero-order chi connectivity index (χ0) is 20.5. The van der Waals surface area contributed by atoms with Crippen LogP contribution in [0.2, 0.25) is 0 Å². The van der Waals surface area contributed by atoms with E-state index in [-0.39, 0.29) is 34.5 Å². The van der Waals surface area contributed by atoms with Crippen LogP contribution in [0, 0.1) is 17.2 Å². The minimum atomic E-state index is -1.58. The van der Waals surface area contributed by atoms with E-state index < -0.39 is 17.4 Å². The SMILES string of the molecule is C[C@]12CCN(c3nc4c(cc3F)c(=O)c(OC(=O)O)cn4C3CC3)C[C@H]1[C@H](N)C2. The number of carboxylic acid groups (broad SMARTS) is 1. The number of aromatic nitrogens is 2. The molecule has 0 bridgehead atoms. The standard InChI is InChI=1S/C20H23FN4O4/c1-20-4-5-24(8-12(20)14(22)7-20)18-13(21)6-11-16(26)15(29-19(27)28)9-25(10-2-3-10)17(11)23-18/h6,9-10,12,14H,2-5,7-8,22H2,1H3,(H,27,28)/t12-,14+,20+/m0/s1. The number of halogens is 1. The highest BCUT2D eigenvalue weighted by atomic mass is 19.1. The predicted molar refractivity (Wildman–Crippen MR) is 104 cm³/mol. The third-order valence-corrected chi connectivity index (χ3v) is 6.83. The van der Waals surface area contributed by atoms with Gasteiger partial charge in [0.15, 0.2) is 17.4 Å². The van der Waals surface area contributed by atoms with Crippen molar-refractivity contribution in [1.82, 2.24) is 9.55 Å². The molecule has 0 amide bonds. The van der Waals surface area contributed by atoms with Gasteiger partial charge in [-0.05, 0) is 43.1 Å². The zero-order valence-corrected chi connectivity index (χ0v) is 16.1. The van der Waals surface area contributed by atoms with Crippen molar-refractivity contribution in [2.45, 2.75) is 44.7 Å². The van der Waals surface area contributed by atoms with Crippen molar-refractivity contribution in [2.24, 2.45) is 17.1 Å². The molecule has 0 radical (unpaired) electrons. The Morgan fingerprint density at radius 2 is 2.21 bits per heavy atom. The number of pyridine rings is 2. The summed E-state index contributed by atoms with van der Waals surface area (Å²) in [5, 5.41) is 8.92. The van der Waals surface area contributed by atoms with Crippen molar-refractivity contribution in [3.05, 3.63) is 28.3 Å². The first-order valence-corrected chi connectivity index (χ1v) is 9.93. The molecular weight excluding hydrogens is 379 g/mol. The number of hydrogen-bond donors (Lipinski definition) is 2. The smallest absolute Gasteiger partial charge is 0.449 e. The van der Waals surface area contributed by atoms with E-state index in [0.717, 1.165) is 31.7 Å². The van der Waals surface area contributed by atoms with E-state index in [1.54, 1.807) is 4.57 Å². The molecular formula is C20H23FN4O4. The van der Waals surface area contributed by atoms with Gasteiger partial charge in [-0.1, -0.05) is 6.92 Å². The summed E-state index contributed by atoms with van der Waals surface area (Å²) in [6, 6.07) is 1.37. The van der Waals surface area contributed by atoms with Gasteiger partial charge in [0.25, 0.3) is 0 Å². The van der Waals surface area contributed by atoms with Gasteiger partial charge in [-0.2, -0.15) is 0 Å². The third kappa shape index (κ3) is 2.87. The lowest BCUT2D eigenvalue weighted by molar-refractivity contribution is 0.00277. The normalized spacial score (nSPS) is 28.7. The zero-order valence-electron chi connectivity index (χ0n) is 16.1. The fraction of sp³-hybridized carbons (Fsp3) is 0.550. The van der Waals surface area contributed by atoms with E-state index in [2.05, 4.69) is 16.6 Å². The summed E-state index contributed by atoms with van der Waals surface area (Å²) in [7, 11) is 0. The number of fused-ring (bicyclic) bond motifs is 2. The second-order valence-electron chi connectivity index (χ2n) is 8.82. The van der Waals surface area contributed by atoms with Gasteiger partial charge >= 0.3 is 6.16 Å². The number of nitrogens with zero attached hydrogens (tertiary/aromatic N) is 3. The molecule has 1 aliphatic heterocycles. The fourth-order valence-electron chi connectivity index (χ4n) is 4.98. The molecule has 29 heavy (non-hydrogen) atoms. The maximum atomic E-state index is 15.0. The number of piperidine rings is 1. The van der Waals surface area contributed by atoms with Crippen LogP contribution in [0.4, 0.5) is 15.0 Å². The molecule has 154 valence electrons. The highest BCUT2D eigenvalue weighted by Gasteiger charge is 2.51. The van der Waals surface area contributed by atoms with Crippen LogP contribution in [0.15, 0.2) is 17.1 Å². The van der Waals surface area contributed by atoms with Gasteiger partial charge in [0.05, 0.1) is 11.6 Å². The Hall–Kier alpha value is -2.68. The van der Waals surface area contributed by atoms with E-state index in [0.29, 0.717) is 24.7 Å². The van der Waals surface area contributed by atoms with Crippen molar-refractivity contribution in [3.63, 3.8) is 0 Å². The summed E-state index contributed by atoms with van der Waals surface area (Å²) < 4.78 is 21.4. The monoisotopic (exact) mass is 402 g/mol. The molecule has 8 nitrogen and oxygen atoms in total. The van der Waals surface area contributed by atoms with Crippen LogP contribution in [0.5, 0.6) is 5.75 Å². The minimum absolute atomic E-state index is 0.0269. The van der Waals surface area contributed by atoms with Crippen LogP contribution in [0.25, 0.3) is 11.0 Å². The number of rotatable bonds is 3. The van der Waals surface area contributed by atoms with Gasteiger partial charge < -0.3 is 25.0 Å². The van der Waals surface area contributed by atoms with Crippen molar-refractivity contribution in [2.75, 3.05) is 18.0 Å². The van der Waals surface area contributed by atoms with Crippen LogP contribution in [0.1, 0.15) is 38.6 Å². The molecule has 3 fully saturated rings. The Morgan fingerprint density at radius 1 is 1.45 bits per heavy atom. The average molecular weight is 402 g/mol. The molecule has 9 heteroatoms. The van der Waals surface area contributed by atoms with Crippen LogP contribution in [-0.2, 0) is 0 Å². The van der Waals surface area contributed by atoms with Crippen LogP contribution >= 0.6 is 0 Å². The molecule has 0 aromatic carbocycles. The molecule has 2 aromatic rings. The van der Waals surface area contributed by atoms with Crippen molar-refractivity contribution >= 4 is 23.0 Å². The topological polar surface area (TPSA) is 111 Å². The summed E-state index contributed by atoms with van der Waals surface area (Å²) in [5.41, 5.74) is 6.08. The maximum absolute atomic E-state index is 15.0. The van der Waals surface area contributed by atoms with E-state index in [9.17, 15) is 9.59 Å². The Kier molecular flexibility index (Phi) is 3.90. The van der Waals surface area contributed by atoms with Crippen molar-refractivity contribution < 1.29 is 19.0 Å². The highest BCUT2D eigenvalue weighted by molar-refractivity contribution is 5.80. The van der Waals surface area contributed by atoms with E-state index >= 15 is 4.39 Å². The lowest BCUT2D eigenvalue weighted by Crippen LogP contribution is -2.62. The average Bonchev–Trinajstić information content (AvgIpc) is 3.48. The van der Waals surface area contributed by atoms with E-state index in [1.807, 2.05) is 4.90 Å². The summed E-state index contributed by atoms with van der Waals surface area (Å²) in [5.74, 6) is -0.412. The lowest BCUT2D eigenvalue weighted by atomic mass is 9.55. The van der Waals surface area contributed by atoms with Gasteiger partial charge in [0.2, 0.25) is 5.43 Å². The number of hydrogen-bond acceptors (Lipinski definition) is 6. The first-order chi connectivity index (χ1) is 13.8. The predicted octanol–water partition coefficient (Wildman–Crippen LogP) is 2.49. The van der Waals surface area contributed by atoms with Crippen molar-refractivity contribution in [3.8, 4) is 5.75 Å². The highest BCUT2D eigenvalue weighted by Crippen LogP contribution is 2.51. The van der Waals surface area contributed by atoms with Gasteiger partial charge in [-0.3, -0.25) is 4.79 Å². The molecule has 2 aromatic heterocycles. The Morgan fingerprint density at radius 3 is 2.86 bits per heavy atom. The number of ether oxygens (including phenoxy) is 1. The first-order valence-electron chi connectivity index (χ1n) is 9.93. The molecule has 0 unspecified atom stereocenters. The summed E-state index contributed by atoms with van der Waals surface area (Å²) in [4.78, 5) is 30.0. The molecule has 1 saturated heterocycles. The first kappa shape index (κ1) is 18.4. The number of carbonyl (C=O) groups is 1. The Labute approximate surface area is 166 Å². The molecule has 5 rings (SSSR count). The third-order valence-electron chi connectivity index (χ3n) is 6.83. The second-order valence-corrected chi connectivity index (χ2v) is 8.82. The molecule has 0 spiro atoms. The summed E-state index contributed by atoms with van der Waals surface area (Å²) in [6.45, 7) is 3.56. The molecule has 3 heterocycles. The largest absolute Gasteiger partial charge is 0.511 e. The molecule has 3 aliphatic rings. The van der Waals surface area contributed by atoms with Crippen LogP contribution < -0.4 is 20.8 Å². The molecule has 2 saturated carbocycles. The minimum Gasteiger partial charge on any atom is -0.449 e. The molecule has 3 atom stereocenters. The second kappa shape index (κ2) is 6.16. The lowest BCUT2D eigenvalue weighted by Gasteiger charge is -2.57. The summed E-state index contributed by atoms with van der Waals surface area (Å²) >= 11 is 0. The Balaban J connectivity index is 1.60. The summed E-state index contributed by atoms with van der Waals surface area (Å²) in [6.07, 6.45) is 3.48. The van der Waals surface area contributed by atoms with Gasteiger partial charge in [0.1, 0.15) is 5.65 Å². The van der Waals surface area contributed by atoms with Crippen LogP contribution in [0.3, 0.4) is 0 Å². The fourth-order valence-corrected chi connectivity index (χ4v) is 4.98. The maximum Gasteiger partial charge on any atom is 0.511 e. The molecule has 2 aliphatic carbocycles. The van der Waals surface area contributed by atoms with Crippen LogP contribution in [-0.4, -0.2) is 39.9 Å². The number of nitrogens with two attached hydrogens (primary N) is 1. The van der Waals surface area contributed by atoms with Gasteiger partial charge in [-0.25, -0.2) is 14.2 Å².